The molecule has 1 aromatic carbocycles. The number of ether oxygens (including phenoxy) is 6. The largest absolute Gasteiger partial charge is 0.493 e. The van der Waals surface area contributed by atoms with Crippen molar-refractivity contribution in [3.63, 3.8) is 0 Å². The van der Waals surface area contributed by atoms with Gasteiger partial charge in [0.05, 0.1) is 40.6 Å². The Balaban J connectivity index is 2.78. The summed E-state index contributed by atoms with van der Waals surface area (Å²) in [5.74, 6) is -0.415. The van der Waals surface area contributed by atoms with E-state index in [1.807, 2.05) is 6.92 Å². The third-order valence-electron chi connectivity index (χ3n) is 5.14. The van der Waals surface area contributed by atoms with E-state index in [2.05, 4.69) is 6.58 Å². The molecule has 0 aromatic heterocycles. The van der Waals surface area contributed by atoms with Crippen LogP contribution in [0, 0.1) is 5.41 Å². The molecule has 1 heterocycles. The van der Waals surface area contributed by atoms with Crippen LogP contribution < -0.4 is 14.2 Å². The third kappa shape index (κ3) is 3.71. The second-order valence-electron chi connectivity index (χ2n) is 6.65. The Morgan fingerprint density at radius 2 is 1.47 bits per heavy atom. The highest BCUT2D eigenvalue weighted by atomic mass is 16.6. The first-order valence-corrected chi connectivity index (χ1v) is 9.86. The summed E-state index contributed by atoms with van der Waals surface area (Å²) in [6, 6.07) is 3.29. The Bertz CT molecular complexity index is 757. The van der Waals surface area contributed by atoms with E-state index < -0.39 is 29.6 Å². The first-order chi connectivity index (χ1) is 14.4. The van der Waals surface area contributed by atoms with Gasteiger partial charge in [-0.15, -0.1) is 0 Å². The van der Waals surface area contributed by atoms with Crippen molar-refractivity contribution in [2.45, 2.75) is 39.4 Å². The average molecular weight is 422 g/mol. The third-order valence-corrected chi connectivity index (χ3v) is 5.14. The molecule has 0 aliphatic carbocycles. The lowest BCUT2D eigenvalue weighted by molar-refractivity contribution is -0.174. The minimum atomic E-state index is -1.85. The number of esters is 2. The Morgan fingerprint density at radius 3 is 1.83 bits per heavy atom. The normalized spacial score (nSPS) is 19.9. The van der Waals surface area contributed by atoms with Crippen LogP contribution in [-0.2, 0) is 23.8 Å². The quantitative estimate of drug-likeness (QED) is 0.340. The maximum Gasteiger partial charge on any atom is 0.330 e. The van der Waals surface area contributed by atoms with Crippen LogP contribution in [0.15, 0.2) is 24.3 Å². The number of carbonyl (C=O) groups is 2. The summed E-state index contributed by atoms with van der Waals surface area (Å²) < 4.78 is 33.0. The summed E-state index contributed by atoms with van der Waals surface area (Å²) in [5.41, 5.74) is -1.07. The molecule has 8 nitrogen and oxygen atoms in total. The SMILES string of the molecule is C=C1C(CC)OC(c2cc(OC)c(OC)c(OC)c2)C1(C(=O)OCC)C(=O)OCC. The maximum absolute atomic E-state index is 13.2. The zero-order valence-corrected chi connectivity index (χ0v) is 18.4. The van der Waals surface area contributed by atoms with Gasteiger partial charge in [0.2, 0.25) is 11.2 Å². The number of rotatable bonds is 9. The van der Waals surface area contributed by atoms with E-state index in [0.717, 1.165) is 0 Å². The van der Waals surface area contributed by atoms with E-state index in [1.165, 1.54) is 21.3 Å². The van der Waals surface area contributed by atoms with Crippen molar-refractivity contribution < 1.29 is 38.0 Å². The molecule has 2 atom stereocenters. The Hall–Kier alpha value is -2.74. The van der Waals surface area contributed by atoms with Gasteiger partial charge in [-0.25, -0.2) is 0 Å². The molecule has 0 amide bonds. The first kappa shape index (κ1) is 23.5. The van der Waals surface area contributed by atoms with E-state index in [0.29, 0.717) is 34.8 Å². The van der Waals surface area contributed by atoms with E-state index in [1.54, 1.807) is 26.0 Å². The van der Waals surface area contributed by atoms with Gasteiger partial charge >= 0.3 is 11.9 Å². The van der Waals surface area contributed by atoms with Gasteiger partial charge in [-0.1, -0.05) is 13.5 Å². The molecule has 30 heavy (non-hydrogen) atoms. The van der Waals surface area contributed by atoms with Crippen molar-refractivity contribution in [3.05, 3.63) is 29.8 Å². The minimum absolute atomic E-state index is 0.0893. The molecule has 2 rings (SSSR count). The summed E-state index contributed by atoms with van der Waals surface area (Å²) in [7, 11) is 4.45. The Morgan fingerprint density at radius 1 is 0.967 bits per heavy atom. The fraction of sp³-hybridized carbons (Fsp3) is 0.545. The predicted molar refractivity (Wildman–Crippen MR) is 109 cm³/mol. The van der Waals surface area contributed by atoms with Crippen molar-refractivity contribution in [2.24, 2.45) is 5.41 Å². The monoisotopic (exact) mass is 422 g/mol. The lowest BCUT2D eigenvalue weighted by atomic mass is 9.73. The molecule has 1 saturated heterocycles. The zero-order valence-electron chi connectivity index (χ0n) is 18.4. The van der Waals surface area contributed by atoms with Gasteiger partial charge < -0.3 is 28.4 Å². The topological polar surface area (TPSA) is 89.5 Å². The van der Waals surface area contributed by atoms with Gasteiger partial charge in [-0.2, -0.15) is 0 Å². The first-order valence-electron chi connectivity index (χ1n) is 9.86. The molecule has 0 saturated carbocycles. The summed E-state index contributed by atoms with van der Waals surface area (Å²) in [4.78, 5) is 26.4. The van der Waals surface area contributed by atoms with Crippen molar-refractivity contribution in [2.75, 3.05) is 34.5 Å². The van der Waals surface area contributed by atoms with E-state index in [4.69, 9.17) is 28.4 Å². The molecule has 0 bridgehead atoms. The number of methoxy groups -OCH3 is 3. The lowest BCUT2D eigenvalue weighted by Crippen LogP contribution is -2.45. The van der Waals surface area contributed by atoms with Gasteiger partial charge in [-0.3, -0.25) is 9.59 Å². The van der Waals surface area contributed by atoms with Gasteiger partial charge in [0.15, 0.2) is 11.5 Å². The molecule has 1 aliphatic heterocycles. The van der Waals surface area contributed by atoms with Crippen LogP contribution in [0.3, 0.4) is 0 Å². The highest BCUT2D eigenvalue weighted by molar-refractivity contribution is 6.05. The van der Waals surface area contributed by atoms with Crippen molar-refractivity contribution in [1.29, 1.82) is 0 Å². The van der Waals surface area contributed by atoms with Crippen molar-refractivity contribution >= 4 is 11.9 Å². The number of benzene rings is 1. The second kappa shape index (κ2) is 9.84. The average Bonchev–Trinajstić information content (AvgIpc) is 3.06. The molecular formula is C22H30O8. The molecule has 1 fully saturated rings. The lowest BCUT2D eigenvalue weighted by Gasteiger charge is -2.30. The highest BCUT2D eigenvalue weighted by Crippen LogP contribution is 2.55. The molecule has 1 aromatic rings. The van der Waals surface area contributed by atoms with Crippen LogP contribution in [0.25, 0.3) is 0 Å². The fourth-order valence-electron chi connectivity index (χ4n) is 3.74. The molecule has 1 aliphatic rings. The second-order valence-corrected chi connectivity index (χ2v) is 6.65. The smallest absolute Gasteiger partial charge is 0.330 e. The highest BCUT2D eigenvalue weighted by Gasteiger charge is 2.64. The minimum Gasteiger partial charge on any atom is -0.493 e. The predicted octanol–water partition coefficient (Wildman–Crippen LogP) is 3.23. The van der Waals surface area contributed by atoms with Gasteiger partial charge in [0.1, 0.15) is 6.10 Å². The van der Waals surface area contributed by atoms with Crippen molar-refractivity contribution in [3.8, 4) is 17.2 Å². The van der Waals surface area contributed by atoms with Crippen LogP contribution in [-0.4, -0.2) is 52.6 Å². The standard InChI is InChI=1S/C22H30O8/c1-8-15-13(4)22(20(23)28-9-2,21(24)29-10-3)19(30-15)14-11-16(25-5)18(27-7)17(12-14)26-6/h11-12,15,19H,4,8-10H2,1-3,5-7H3. The summed E-state index contributed by atoms with van der Waals surface area (Å²) in [5, 5.41) is 0. The number of hydrogen-bond acceptors (Lipinski definition) is 8. The van der Waals surface area contributed by atoms with Crippen LogP contribution in [0.2, 0.25) is 0 Å². The van der Waals surface area contributed by atoms with E-state index in [9.17, 15) is 9.59 Å². The van der Waals surface area contributed by atoms with Gasteiger partial charge in [-0.05, 0) is 43.5 Å². The molecule has 8 heteroatoms. The van der Waals surface area contributed by atoms with Crippen molar-refractivity contribution in [1.82, 2.24) is 0 Å². The Kier molecular flexibility index (Phi) is 7.72. The van der Waals surface area contributed by atoms with E-state index in [-0.39, 0.29) is 13.2 Å². The van der Waals surface area contributed by atoms with E-state index >= 15 is 0 Å². The molecule has 0 radical (unpaired) electrons. The molecule has 166 valence electrons. The summed E-state index contributed by atoms with van der Waals surface area (Å²) in [6.45, 7) is 9.45. The molecule has 0 spiro atoms. The van der Waals surface area contributed by atoms with Crippen LogP contribution in [0.1, 0.15) is 38.9 Å². The van der Waals surface area contributed by atoms with Crippen LogP contribution in [0.4, 0.5) is 0 Å². The fourth-order valence-corrected chi connectivity index (χ4v) is 3.74. The summed E-state index contributed by atoms with van der Waals surface area (Å²) in [6.07, 6.45) is -1.06. The zero-order chi connectivity index (χ0) is 22.5. The summed E-state index contributed by atoms with van der Waals surface area (Å²) >= 11 is 0. The maximum atomic E-state index is 13.2. The van der Waals surface area contributed by atoms with Gasteiger partial charge in [0.25, 0.3) is 0 Å². The molecular weight excluding hydrogens is 392 g/mol. The van der Waals surface area contributed by atoms with Crippen LogP contribution in [0.5, 0.6) is 17.2 Å². The van der Waals surface area contributed by atoms with Gasteiger partial charge in [0, 0.05) is 0 Å². The Labute approximate surface area is 177 Å². The molecule has 2 unspecified atom stereocenters. The number of hydrogen-bond donors (Lipinski definition) is 0. The number of carbonyl (C=O) groups excluding carboxylic acids is 2. The van der Waals surface area contributed by atoms with Crippen LogP contribution >= 0.6 is 0 Å². The molecule has 0 N–H and O–H groups in total.